The number of carbonyl (C=O) groups excluding carboxylic acids is 1. The summed E-state index contributed by atoms with van der Waals surface area (Å²) in [7, 11) is -2.65. The largest absolute Gasteiger partial charge is 0.392 e. The summed E-state index contributed by atoms with van der Waals surface area (Å²) in [6.07, 6.45) is -2.91. The van der Waals surface area contributed by atoms with Crippen molar-refractivity contribution in [2.75, 3.05) is 5.32 Å². The molecule has 12 heteroatoms. The number of fused-ring (bicyclic) bond motifs is 1. The number of aromatic nitrogens is 1. The van der Waals surface area contributed by atoms with E-state index in [9.17, 15) is 35.9 Å². The quantitative estimate of drug-likeness (QED) is 0.625. The van der Waals surface area contributed by atoms with E-state index in [2.05, 4.69) is 10.0 Å². The Morgan fingerprint density at radius 2 is 2.00 bits per heavy atom. The lowest BCUT2D eigenvalue weighted by molar-refractivity contribution is 0.101. The van der Waals surface area contributed by atoms with Gasteiger partial charge in [0.05, 0.1) is 17.4 Å². The maximum absolute atomic E-state index is 14.3. The second-order valence-corrected chi connectivity index (χ2v) is 8.70. The standard InChI is InChI=1S/C18H19F4N3O4S/c1-8(26)11-5-3-9-13(30(28,29)24-11)7-25(2)16(9)18(27)23-12-6-4-10(19)14(15(12)20)17(21)22/h4,6-8,11,17,24,26H,3,5H2,1-2H3,(H,23,27)/t8-,11+/m0/s1. The molecule has 2 aromatic rings. The molecule has 0 saturated carbocycles. The molecule has 0 bridgehead atoms. The monoisotopic (exact) mass is 449 g/mol. The minimum atomic E-state index is -4.05. The van der Waals surface area contributed by atoms with E-state index >= 15 is 0 Å². The van der Waals surface area contributed by atoms with Crippen molar-refractivity contribution in [3.05, 3.63) is 46.8 Å². The molecule has 0 spiro atoms. The molecule has 0 fully saturated rings. The highest BCUT2D eigenvalue weighted by Crippen LogP contribution is 2.31. The van der Waals surface area contributed by atoms with Crippen LogP contribution in [0.2, 0.25) is 0 Å². The van der Waals surface area contributed by atoms with Crippen molar-refractivity contribution < 1.29 is 35.9 Å². The lowest BCUT2D eigenvalue weighted by Crippen LogP contribution is -2.40. The van der Waals surface area contributed by atoms with Gasteiger partial charge in [0.1, 0.15) is 16.4 Å². The third-order valence-electron chi connectivity index (χ3n) is 4.94. The van der Waals surface area contributed by atoms with Crippen LogP contribution < -0.4 is 10.0 Å². The molecule has 164 valence electrons. The van der Waals surface area contributed by atoms with E-state index in [4.69, 9.17) is 0 Å². The normalized spacial score (nSPS) is 19.3. The lowest BCUT2D eigenvalue weighted by atomic mass is 10.0. The fraction of sp³-hybridized carbons (Fsp3) is 0.389. The predicted octanol–water partition coefficient (Wildman–Crippen LogP) is 2.47. The Kier molecular flexibility index (Phi) is 5.94. The number of rotatable bonds is 4. The molecule has 2 heterocycles. The van der Waals surface area contributed by atoms with Gasteiger partial charge in [0.25, 0.3) is 12.3 Å². The molecule has 3 N–H and O–H groups in total. The number of aliphatic hydroxyl groups is 1. The summed E-state index contributed by atoms with van der Waals surface area (Å²) in [5, 5.41) is 11.9. The van der Waals surface area contributed by atoms with Crippen LogP contribution in [0, 0.1) is 11.6 Å². The van der Waals surface area contributed by atoms with Gasteiger partial charge in [-0.25, -0.2) is 30.7 Å². The van der Waals surface area contributed by atoms with Crippen LogP contribution in [0.5, 0.6) is 0 Å². The highest BCUT2D eigenvalue weighted by Gasteiger charge is 2.34. The second-order valence-electron chi connectivity index (χ2n) is 7.02. The first-order valence-electron chi connectivity index (χ1n) is 8.90. The maximum atomic E-state index is 14.3. The fourth-order valence-electron chi connectivity index (χ4n) is 3.43. The Labute approximate surface area is 169 Å². The zero-order chi connectivity index (χ0) is 22.4. The molecule has 0 unspecified atom stereocenters. The molecule has 1 aromatic carbocycles. The first kappa shape index (κ1) is 22.2. The number of nitrogens with one attached hydrogen (secondary N) is 2. The van der Waals surface area contributed by atoms with Gasteiger partial charge in [-0.3, -0.25) is 4.79 Å². The van der Waals surface area contributed by atoms with Crippen molar-refractivity contribution in [3.8, 4) is 0 Å². The van der Waals surface area contributed by atoms with Gasteiger partial charge in [-0.15, -0.1) is 0 Å². The van der Waals surface area contributed by atoms with Gasteiger partial charge >= 0.3 is 0 Å². The number of carbonyl (C=O) groups is 1. The van der Waals surface area contributed by atoms with Crippen LogP contribution in [0.3, 0.4) is 0 Å². The van der Waals surface area contributed by atoms with Crippen molar-refractivity contribution in [1.82, 2.24) is 9.29 Å². The first-order valence-corrected chi connectivity index (χ1v) is 10.4. The SMILES string of the molecule is C[C@H](O)[C@H]1CCc2c(cn(C)c2C(=O)Nc2ccc(F)c(C(F)F)c2F)S(=O)(=O)N1. The van der Waals surface area contributed by atoms with Gasteiger partial charge in [0, 0.05) is 24.8 Å². The Balaban J connectivity index is 2.01. The summed E-state index contributed by atoms with van der Waals surface area (Å²) >= 11 is 0. The Morgan fingerprint density at radius 1 is 1.33 bits per heavy atom. The second kappa shape index (κ2) is 8.00. The van der Waals surface area contributed by atoms with E-state index in [1.165, 1.54) is 24.7 Å². The van der Waals surface area contributed by atoms with Gasteiger partial charge < -0.3 is 15.0 Å². The highest BCUT2D eigenvalue weighted by molar-refractivity contribution is 7.89. The number of halogens is 4. The van der Waals surface area contributed by atoms with Gasteiger partial charge in [-0.1, -0.05) is 0 Å². The number of hydrogen-bond donors (Lipinski definition) is 3. The van der Waals surface area contributed by atoms with Crippen LogP contribution >= 0.6 is 0 Å². The minimum Gasteiger partial charge on any atom is -0.392 e. The van der Waals surface area contributed by atoms with E-state index < -0.39 is 57.4 Å². The van der Waals surface area contributed by atoms with Crippen LogP contribution in [0.4, 0.5) is 23.2 Å². The van der Waals surface area contributed by atoms with Gasteiger partial charge in [-0.2, -0.15) is 0 Å². The van der Waals surface area contributed by atoms with Crippen molar-refractivity contribution >= 4 is 21.6 Å². The number of amides is 1. The molecular formula is C18H19F4N3O4S. The molecule has 1 aromatic heterocycles. The first-order chi connectivity index (χ1) is 13.9. The lowest BCUT2D eigenvalue weighted by Gasteiger charge is -2.18. The van der Waals surface area contributed by atoms with Crippen molar-refractivity contribution in [1.29, 1.82) is 0 Å². The zero-order valence-electron chi connectivity index (χ0n) is 15.9. The number of hydrogen-bond acceptors (Lipinski definition) is 4. The van der Waals surface area contributed by atoms with E-state index in [1.807, 2.05) is 0 Å². The molecule has 0 aliphatic carbocycles. The molecule has 2 atom stereocenters. The Hall–Kier alpha value is -2.44. The third kappa shape index (κ3) is 3.94. The van der Waals surface area contributed by atoms with Gasteiger partial charge in [0.15, 0.2) is 5.82 Å². The summed E-state index contributed by atoms with van der Waals surface area (Å²) in [4.78, 5) is 12.6. The van der Waals surface area contributed by atoms with E-state index in [-0.39, 0.29) is 29.0 Å². The van der Waals surface area contributed by atoms with Gasteiger partial charge in [-0.05, 0) is 31.9 Å². The molecule has 3 rings (SSSR count). The van der Waals surface area contributed by atoms with Crippen LogP contribution in [0.25, 0.3) is 0 Å². The number of anilines is 1. The number of benzene rings is 1. The molecule has 0 radical (unpaired) electrons. The van der Waals surface area contributed by atoms with Crippen LogP contribution in [-0.4, -0.2) is 36.1 Å². The number of sulfonamides is 1. The van der Waals surface area contributed by atoms with E-state index in [0.29, 0.717) is 6.07 Å². The Bertz CT molecular complexity index is 1100. The topological polar surface area (TPSA) is 100 Å². The van der Waals surface area contributed by atoms with Crippen LogP contribution in [-0.2, 0) is 23.5 Å². The minimum absolute atomic E-state index is 0.106. The molecule has 1 amide bonds. The van der Waals surface area contributed by atoms with Crippen molar-refractivity contribution in [2.45, 2.75) is 43.2 Å². The average molecular weight is 449 g/mol. The number of alkyl halides is 2. The molecule has 30 heavy (non-hydrogen) atoms. The number of aryl methyl sites for hydroxylation is 1. The molecule has 7 nitrogen and oxygen atoms in total. The predicted molar refractivity (Wildman–Crippen MR) is 98.8 cm³/mol. The van der Waals surface area contributed by atoms with E-state index in [1.54, 1.807) is 0 Å². The molecule has 1 aliphatic heterocycles. The highest BCUT2D eigenvalue weighted by atomic mass is 32.2. The summed E-state index contributed by atoms with van der Waals surface area (Å²) in [6, 6.07) is 0.636. The smallest absolute Gasteiger partial charge is 0.272 e. The molecule has 0 saturated heterocycles. The zero-order valence-corrected chi connectivity index (χ0v) is 16.7. The summed E-state index contributed by atoms with van der Waals surface area (Å²) in [5.74, 6) is -4.01. The van der Waals surface area contributed by atoms with Crippen LogP contribution in [0.1, 0.15) is 41.4 Å². The number of aliphatic hydroxyl groups excluding tert-OH is 1. The molecular weight excluding hydrogens is 430 g/mol. The van der Waals surface area contributed by atoms with Crippen molar-refractivity contribution in [2.24, 2.45) is 7.05 Å². The van der Waals surface area contributed by atoms with E-state index in [0.717, 1.165) is 6.07 Å². The molecule has 1 aliphatic rings. The van der Waals surface area contributed by atoms with Gasteiger partial charge in [0.2, 0.25) is 10.0 Å². The summed E-state index contributed by atoms with van der Waals surface area (Å²) in [6.45, 7) is 1.43. The maximum Gasteiger partial charge on any atom is 0.272 e. The van der Waals surface area contributed by atoms with Crippen molar-refractivity contribution in [3.63, 3.8) is 0 Å². The van der Waals surface area contributed by atoms with Crippen LogP contribution in [0.15, 0.2) is 23.2 Å². The average Bonchev–Trinajstić information content (AvgIpc) is 2.91. The summed E-state index contributed by atoms with van der Waals surface area (Å²) in [5.41, 5.74) is -2.11. The third-order valence-corrected chi connectivity index (χ3v) is 6.48. The fourth-order valence-corrected chi connectivity index (χ4v) is 5.09. The Morgan fingerprint density at radius 3 is 2.60 bits per heavy atom. The number of nitrogens with zero attached hydrogens (tertiary/aromatic N) is 1. The summed E-state index contributed by atoms with van der Waals surface area (Å²) < 4.78 is 82.4.